The number of rotatable bonds is 1. The van der Waals surface area contributed by atoms with Gasteiger partial charge in [0, 0.05) is 3.57 Å². The summed E-state index contributed by atoms with van der Waals surface area (Å²) < 4.78 is 30.5. The van der Waals surface area contributed by atoms with E-state index in [1.807, 2.05) is 22.6 Å². The molecule has 0 spiro atoms. The van der Waals surface area contributed by atoms with Crippen molar-refractivity contribution < 1.29 is 13.0 Å². The van der Waals surface area contributed by atoms with Crippen molar-refractivity contribution in [2.45, 2.75) is 4.90 Å². The van der Waals surface area contributed by atoms with Gasteiger partial charge in [-0.3, -0.25) is 4.55 Å². The third kappa shape index (κ3) is 3.63. The summed E-state index contributed by atoms with van der Waals surface area (Å²) in [6.45, 7) is 0. The van der Waals surface area contributed by atoms with E-state index in [1.165, 1.54) is 12.1 Å². The molecule has 0 saturated carbocycles. The molecule has 0 fully saturated rings. The zero-order chi connectivity index (χ0) is 8.48. The SMILES string of the molecule is O=S(=O)(O)c1ccc(I)cc1.[InH3]. The van der Waals surface area contributed by atoms with Gasteiger partial charge in [-0.05, 0) is 46.9 Å². The molecule has 1 aromatic carbocycles. The normalized spacial score (nSPS) is 10.5. The molecular weight excluding hydrogens is 394 g/mol. The maximum atomic E-state index is 10.5. The van der Waals surface area contributed by atoms with E-state index in [1.54, 1.807) is 12.1 Å². The van der Waals surface area contributed by atoms with Crippen LogP contribution in [0.25, 0.3) is 0 Å². The zero-order valence-corrected chi connectivity index (χ0v) is 8.33. The number of benzene rings is 1. The van der Waals surface area contributed by atoms with Gasteiger partial charge in [0.1, 0.15) is 0 Å². The van der Waals surface area contributed by atoms with Crippen molar-refractivity contribution in [3.8, 4) is 0 Å². The summed E-state index contributed by atoms with van der Waals surface area (Å²) in [5, 5.41) is 0. The topological polar surface area (TPSA) is 54.4 Å². The molecule has 0 unspecified atom stereocenters. The van der Waals surface area contributed by atoms with Gasteiger partial charge in [-0.25, -0.2) is 0 Å². The second-order valence-electron chi connectivity index (χ2n) is 1.93. The fraction of sp³-hybridized carbons (Fsp3) is 0. The van der Waals surface area contributed by atoms with Crippen molar-refractivity contribution in [3.05, 3.63) is 27.8 Å². The Bertz CT molecular complexity index is 346. The molecule has 1 aromatic rings. The fourth-order valence-corrected chi connectivity index (χ4v) is 1.45. The summed E-state index contributed by atoms with van der Waals surface area (Å²) in [6, 6.07) is 5.95. The number of hydrogen-bond donors (Lipinski definition) is 1. The van der Waals surface area contributed by atoms with E-state index in [0.717, 1.165) is 3.57 Å². The van der Waals surface area contributed by atoms with Crippen LogP contribution in [0.2, 0.25) is 0 Å². The predicted molar refractivity (Wildman–Crippen MR) is 58.9 cm³/mol. The molecule has 0 radical (unpaired) electrons. The first-order chi connectivity index (χ1) is 5.00. The van der Waals surface area contributed by atoms with Crippen molar-refractivity contribution >= 4 is 58.6 Å². The van der Waals surface area contributed by atoms with Crippen LogP contribution < -0.4 is 0 Å². The van der Waals surface area contributed by atoms with Gasteiger partial charge in [-0.15, -0.1) is 0 Å². The van der Waals surface area contributed by atoms with Crippen LogP contribution in [0, 0.1) is 3.57 Å². The average Bonchev–Trinajstić information content (AvgIpc) is 1.86. The van der Waals surface area contributed by atoms with Gasteiger partial charge < -0.3 is 0 Å². The molecular formula is C6H8IInO3S. The van der Waals surface area contributed by atoms with Crippen LogP contribution in [0.1, 0.15) is 0 Å². The van der Waals surface area contributed by atoms with Gasteiger partial charge in [-0.2, -0.15) is 8.42 Å². The summed E-state index contributed by atoms with van der Waals surface area (Å²) in [5.41, 5.74) is 0. The van der Waals surface area contributed by atoms with Gasteiger partial charge in [0.15, 0.2) is 0 Å². The first-order valence-electron chi connectivity index (χ1n) is 2.73. The summed E-state index contributed by atoms with van der Waals surface area (Å²) in [4.78, 5) is -0.0714. The van der Waals surface area contributed by atoms with Crippen LogP contribution in [-0.2, 0) is 10.1 Å². The average molecular weight is 402 g/mol. The summed E-state index contributed by atoms with van der Waals surface area (Å²) in [6.07, 6.45) is 0. The Kier molecular flexibility index (Phi) is 5.12. The van der Waals surface area contributed by atoms with Crippen LogP contribution >= 0.6 is 22.6 Å². The van der Waals surface area contributed by atoms with E-state index in [2.05, 4.69) is 0 Å². The Morgan fingerprint density at radius 3 is 1.92 bits per heavy atom. The third-order valence-corrected chi connectivity index (χ3v) is 2.70. The molecule has 1 rings (SSSR count). The summed E-state index contributed by atoms with van der Waals surface area (Å²) in [5.74, 6) is 0. The third-order valence-electron chi connectivity index (χ3n) is 1.11. The number of hydrogen-bond acceptors (Lipinski definition) is 2. The van der Waals surface area contributed by atoms with Gasteiger partial charge in [0.05, 0.1) is 4.90 Å². The minimum absolute atomic E-state index is 0. The van der Waals surface area contributed by atoms with Crippen LogP contribution in [0.3, 0.4) is 0 Å². The van der Waals surface area contributed by atoms with Crippen LogP contribution in [0.4, 0.5) is 0 Å². The molecule has 0 amide bonds. The van der Waals surface area contributed by atoms with Crippen molar-refractivity contribution in [3.63, 3.8) is 0 Å². The molecule has 0 aromatic heterocycles. The fourth-order valence-electron chi connectivity index (χ4n) is 0.607. The van der Waals surface area contributed by atoms with Crippen molar-refractivity contribution in [2.75, 3.05) is 0 Å². The predicted octanol–water partition coefficient (Wildman–Crippen LogP) is 0.354. The second kappa shape index (κ2) is 4.83. The van der Waals surface area contributed by atoms with E-state index in [4.69, 9.17) is 4.55 Å². The Labute approximate surface area is 103 Å². The standard InChI is InChI=1S/C6H5IO3S.In.3H/c7-5-1-3-6(4-2-5)11(8,9)10;;;;/h1-4H,(H,8,9,10);;;;. The summed E-state index contributed by atoms with van der Waals surface area (Å²) >= 11 is 2.05. The first kappa shape index (κ1) is 12.7. The van der Waals surface area contributed by atoms with Crippen LogP contribution in [0.15, 0.2) is 29.2 Å². The first-order valence-corrected chi connectivity index (χ1v) is 5.25. The summed E-state index contributed by atoms with van der Waals surface area (Å²) in [7, 11) is -4.02. The van der Waals surface area contributed by atoms with Gasteiger partial charge in [0.2, 0.25) is 0 Å². The van der Waals surface area contributed by atoms with E-state index in [9.17, 15) is 8.42 Å². The van der Waals surface area contributed by atoms with Gasteiger partial charge in [0.25, 0.3) is 10.1 Å². The molecule has 66 valence electrons. The molecule has 0 aliphatic rings. The van der Waals surface area contributed by atoms with E-state index in [0.29, 0.717) is 0 Å². The maximum absolute atomic E-state index is 10.5. The molecule has 12 heavy (non-hydrogen) atoms. The monoisotopic (exact) mass is 402 g/mol. The molecule has 0 aliphatic heterocycles. The van der Waals surface area contributed by atoms with E-state index < -0.39 is 10.1 Å². The molecule has 0 aliphatic carbocycles. The van der Waals surface area contributed by atoms with Crippen LogP contribution in [-0.4, -0.2) is 38.8 Å². The quantitative estimate of drug-likeness (QED) is 0.546. The Hall–Kier alpha value is 0.730. The van der Waals surface area contributed by atoms with Gasteiger partial charge in [-0.1, -0.05) is 0 Å². The Morgan fingerprint density at radius 2 is 1.58 bits per heavy atom. The zero-order valence-electron chi connectivity index (χ0n) is 5.36. The van der Waals surface area contributed by atoms with E-state index in [-0.39, 0.29) is 30.7 Å². The van der Waals surface area contributed by atoms with Crippen molar-refractivity contribution in [1.29, 1.82) is 0 Å². The Morgan fingerprint density at radius 1 is 1.17 bits per heavy atom. The molecule has 0 saturated heterocycles. The molecule has 6 heteroatoms. The molecule has 0 heterocycles. The van der Waals surface area contributed by atoms with Crippen molar-refractivity contribution in [1.82, 2.24) is 0 Å². The molecule has 1 N–H and O–H groups in total. The van der Waals surface area contributed by atoms with Gasteiger partial charge >= 0.3 is 25.8 Å². The number of halogens is 1. The van der Waals surface area contributed by atoms with Crippen molar-refractivity contribution in [2.24, 2.45) is 0 Å². The van der Waals surface area contributed by atoms with Crippen LogP contribution in [0.5, 0.6) is 0 Å². The van der Waals surface area contributed by atoms with E-state index >= 15 is 0 Å². The minimum atomic E-state index is -4.02. The second-order valence-corrected chi connectivity index (χ2v) is 4.60. The molecule has 0 bridgehead atoms. The Balaban J connectivity index is 0.00000121. The molecule has 0 atom stereocenters. The molecule has 3 nitrogen and oxygen atoms in total.